The first-order valence-electron chi connectivity index (χ1n) is 9.24. The Morgan fingerprint density at radius 3 is 2.56 bits per heavy atom. The molecule has 0 bridgehead atoms. The highest BCUT2D eigenvalue weighted by atomic mass is 15.3. The number of likely N-dealkylation sites (tertiary alicyclic amines) is 1. The van der Waals surface area contributed by atoms with E-state index in [0.29, 0.717) is 0 Å². The van der Waals surface area contributed by atoms with Gasteiger partial charge in [-0.3, -0.25) is 9.98 Å². The first-order valence-corrected chi connectivity index (χ1v) is 9.24. The molecule has 1 N–H and O–H groups in total. The number of nitrogens with zero attached hydrogens (tertiary/aromatic N) is 3. The average Bonchev–Trinajstić information content (AvgIpc) is 2.68. The Hall–Kier alpha value is -2.36. The molecule has 0 unspecified atom stereocenters. The summed E-state index contributed by atoms with van der Waals surface area (Å²) in [6.07, 6.45) is 6.43. The number of nitrogens with one attached hydrogen (secondary N) is 1. The van der Waals surface area contributed by atoms with Crippen LogP contribution in [0.3, 0.4) is 0 Å². The second kappa shape index (κ2) is 9.21. The number of aliphatic imine (C=N–C) groups is 1. The predicted molar refractivity (Wildman–Crippen MR) is 104 cm³/mol. The van der Waals surface area contributed by atoms with Crippen molar-refractivity contribution in [3.63, 3.8) is 0 Å². The van der Waals surface area contributed by atoms with E-state index in [9.17, 15) is 0 Å². The molecule has 1 fully saturated rings. The molecule has 1 aliphatic rings. The molecule has 2 heterocycles. The van der Waals surface area contributed by atoms with Crippen LogP contribution in [-0.4, -0.2) is 42.5 Å². The standard InChI is InChI=1S/C21H28N4/c1-22-21(24-14-10-20-9-5-6-13-23-20)25-15-11-19(12-16-25)17-18-7-3-2-4-8-18/h2-9,13,19H,10-12,14-17H2,1H3,(H,22,24). The fraction of sp³-hybridized carbons (Fsp3) is 0.429. The van der Waals surface area contributed by atoms with Crippen molar-refractivity contribution in [3.05, 3.63) is 66.0 Å². The van der Waals surface area contributed by atoms with Gasteiger partial charge in [0.1, 0.15) is 0 Å². The molecular weight excluding hydrogens is 308 g/mol. The lowest BCUT2D eigenvalue weighted by molar-refractivity contribution is 0.259. The van der Waals surface area contributed by atoms with E-state index < -0.39 is 0 Å². The summed E-state index contributed by atoms with van der Waals surface area (Å²) in [5, 5.41) is 3.49. The van der Waals surface area contributed by atoms with Gasteiger partial charge in [-0.1, -0.05) is 36.4 Å². The zero-order valence-electron chi connectivity index (χ0n) is 15.1. The van der Waals surface area contributed by atoms with E-state index in [2.05, 4.69) is 56.6 Å². The van der Waals surface area contributed by atoms with Gasteiger partial charge in [0.25, 0.3) is 0 Å². The molecule has 4 nitrogen and oxygen atoms in total. The third kappa shape index (κ3) is 5.31. The summed E-state index contributed by atoms with van der Waals surface area (Å²) in [5.74, 6) is 1.80. The quantitative estimate of drug-likeness (QED) is 0.673. The molecule has 0 saturated carbocycles. The second-order valence-electron chi connectivity index (χ2n) is 6.67. The highest BCUT2D eigenvalue weighted by molar-refractivity contribution is 5.79. The number of pyridine rings is 1. The minimum absolute atomic E-state index is 0.783. The summed E-state index contributed by atoms with van der Waals surface area (Å²) >= 11 is 0. The number of benzene rings is 1. The SMILES string of the molecule is CN=C(NCCc1ccccn1)N1CCC(Cc2ccccc2)CC1. The van der Waals surface area contributed by atoms with Crippen molar-refractivity contribution >= 4 is 5.96 Å². The van der Waals surface area contributed by atoms with E-state index in [1.807, 2.05) is 25.4 Å². The maximum Gasteiger partial charge on any atom is 0.193 e. The van der Waals surface area contributed by atoms with Crippen LogP contribution in [0, 0.1) is 5.92 Å². The first-order chi connectivity index (χ1) is 12.3. The van der Waals surface area contributed by atoms with Crippen LogP contribution in [0.2, 0.25) is 0 Å². The van der Waals surface area contributed by atoms with Gasteiger partial charge in [-0.05, 0) is 42.9 Å². The summed E-state index contributed by atoms with van der Waals surface area (Å²) in [6.45, 7) is 3.04. The van der Waals surface area contributed by atoms with Crippen LogP contribution in [-0.2, 0) is 12.8 Å². The predicted octanol–water partition coefficient (Wildman–Crippen LogP) is 3.15. The normalized spacial score (nSPS) is 16.0. The molecule has 0 spiro atoms. The first kappa shape index (κ1) is 17.5. The minimum Gasteiger partial charge on any atom is -0.356 e. The number of aromatic nitrogens is 1. The van der Waals surface area contributed by atoms with Gasteiger partial charge in [-0.2, -0.15) is 0 Å². The van der Waals surface area contributed by atoms with Crippen LogP contribution in [0.5, 0.6) is 0 Å². The molecule has 1 saturated heterocycles. The molecule has 4 heteroatoms. The highest BCUT2D eigenvalue weighted by Gasteiger charge is 2.21. The molecule has 0 radical (unpaired) electrons. The Bertz CT molecular complexity index is 646. The van der Waals surface area contributed by atoms with Crippen molar-refractivity contribution in [3.8, 4) is 0 Å². The Kier molecular flexibility index (Phi) is 6.43. The maximum atomic E-state index is 4.46. The zero-order chi connectivity index (χ0) is 17.3. The summed E-state index contributed by atoms with van der Waals surface area (Å²) < 4.78 is 0. The second-order valence-corrected chi connectivity index (χ2v) is 6.67. The third-order valence-corrected chi connectivity index (χ3v) is 4.88. The highest BCUT2D eigenvalue weighted by Crippen LogP contribution is 2.21. The summed E-state index contributed by atoms with van der Waals surface area (Å²) in [6, 6.07) is 16.9. The average molecular weight is 336 g/mol. The molecule has 0 aliphatic carbocycles. The van der Waals surface area contributed by atoms with E-state index in [1.54, 1.807) is 0 Å². The molecule has 132 valence electrons. The van der Waals surface area contributed by atoms with Gasteiger partial charge in [0.05, 0.1) is 0 Å². The number of hydrogen-bond acceptors (Lipinski definition) is 2. The van der Waals surface area contributed by atoms with E-state index in [0.717, 1.165) is 43.6 Å². The topological polar surface area (TPSA) is 40.5 Å². The fourth-order valence-electron chi connectivity index (χ4n) is 3.48. The van der Waals surface area contributed by atoms with Crippen molar-refractivity contribution in [2.75, 3.05) is 26.7 Å². The maximum absolute atomic E-state index is 4.46. The van der Waals surface area contributed by atoms with Gasteiger partial charge in [0, 0.05) is 45.0 Å². The number of hydrogen-bond donors (Lipinski definition) is 1. The third-order valence-electron chi connectivity index (χ3n) is 4.88. The van der Waals surface area contributed by atoms with Crippen molar-refractivity contribution in [2.45, 2.75) is 25.7 Å². The van der Waals surface area contributed by atoms with Gasteiger partial charge in [-0.25, -0.2) is 0 Å². The van der Waals surface area contributed by atoms with Crippen molar-refractivity contribution < 1.29 is 0 Å². The molecule has 1 aromatic heterocycles. The molecule has 1 aliphatic heterocycles. The van der Waals surface area contributed by atoms with E-state index in [4.69, 9.17) is 0 Å². The number of rotatable bonds is 5. The van der Waals surface area contributed by atoms with E-state index >= 15 is 0 Å². The smallest absolute Gasteiger partial charge is 0.193 e. The largest absolute Gasteiger partial charge is 0.356 e. The molecule has 3 rings (SSSR count). The zero-order valence-corrected chi connectivity index (χ0v) is 15.1. The van der Waals surface area contributed by atoms with Crippen LogP contribution in [0.25, 0.3) is 0 Å². The Labute approximate surface area is 151 Å². The minimum atomic E-state index is 0.783. The molecule has 0 atom stereocenters. The Morgan fingerprint density at radius 1 is 1.12 bits per heavy atom. The Morgan fingerprint density at radius 2 is 1.88 bits per heavy atom. The summed E-state index contributed by atoms with van der Waals surface area (Å²) in [7, 11) is 1.87. The van der Waals surface area contributed by atoms with Crippen LogP contribution in [0.4, 0.5) is 0 Å². The summed E-state index contributed by atoms with van der Waals surface area (Å²) in [4.78, 5) is 11.2. The van der Waals surface area contributed by atoms with Crippen LogP contribution in [0.15, 0.2) is 59.7 Å². The van der Waals surface area contributed by atoms with Gasteiger partial charge in [0.2, 0.25) is 0 Å². The van der Waals surface area contributed by atoms with Gasteiger partial charge >= 0.3 is 0 Å². The lowest BCUT2D eigenvalue weighted by Gasteiger charge is -2.34. The van der Waals surface area contributed by atoms with Crippen LogP contribution >= 0.6 is 0 Å². The van der Waals surface area contributed by atoms with E-state index in [-0.39, 0.29) is 0 Å². The van der Waals surface area contributed by atoms with Crippen LogP contribution in [0.1, 0.15) is 24.1 Å². The monoisotopic (exact) mass is 336 g/mol. The van der Waals surface area contributed by atoms with Gasteiger partial charge in [0.15, 0.2) is 5.96 Å². The van der Waals surface area contributed by atoms with Gasteiger partial charge in [-0.15, -0.1) is 0 Å². The summed E-state index contributed by atoms with van der Waals surface area (Å²) in [5.41, 5.74) is 2.57. The Balaban J connectivity index is 1.42. The molecule has 1 aromatic carbocycles. The van der Waals surface area contributed by atoms with Crippen molar-refractivity contribution in [1.82, 2.24) is 15.2 Å². The number of guanidine groups is 1. The fourth-order valence-corrected chi connectivity index (χ4v) is 3.48. The van der Waals surface area contributed by atoms with Crippen LogP contribution < -0.4 is 5.32 Å². The number of piperidine rings is 1. The molecular formula is C21H28N4. The lowest BCUT2D eigenvalue weighted by atomic mass is 9.90. The van der Waals surface area contributed by atoms with E-state index in [1.165, 1.54) is 24.8 Å². The molecule has 2 aromatic rings. The molecule has 25 heavy (non-hydrogen) atoms. The van der Waals surface area contributed by atoms with Gasteiger partial charge < -0.3 is 10.2 Å². The molecule has 0 amide bonds. The van der Waals surface area contributed by atoms with Crippen molar-refractivity contribution in [2.24, 2.45) is 10.9 Å². The lowest BCUT2D eigenvalue weighted by Crippen LogP contribution is -2.46. The van der Waals surface area contributed by atoms with Crippen molar-refractivity contribution in [1.29, 1.82) is 0 Å².